The summed E-state index contributed by atoms with van der Waals surface area (Å²) in [4.78, 5) is 4.96. The molecule has 16 aromatic carbocycles. The van der Waals surface area contributed by atoms with Gasteiger partial charge in [0.1, 0.15) is 0 Å². The van der Waals surface area contributed by atoms with E-state index in [1.54, 1.807) is 0 Å². The molecular weight excluding hydrogens is 1250 g/mol. The Labute approximate surface area is 607 Å². The Morgan fingerprint density at radius 2 is 0.327 bits per heavy atom. The van der Waals surface area contributed by atoms with Gasteiger partial charge in [0, 0.05) is 34.1 Å². The fraction of sp³-hybridized carbons (Fsp3) is 0.0588. The van der Waals surface area contributed by atoms with Crippen molar-refractivity contribution in [3.8, 4) is 55.6 Å². The van der Waals surface area contributed by atoms with Crippen LogP contribution in [0.25, 0.3) is 55.6 Å². The van der Waals surface area contributed by atoms with Gasteiger partial charge in [0.15, 0.2) is 0 Å². The minimum atomic E-state index is -0.627. The normalized spacial score (nSPS) is 14.8. The molecule has 486 valence electrons. The second kappa shape index (κ2) is 21.8. The lowest BCUT2D eigenvalue weighted by Gasteiger charge is -2.49. The van der Waals surface area contributed by atoms with Crippen LogP contribution in [0.15, 0.2) is 376 Å². The fourth-order valence-electron chi connectivity index (χ4n) is 20.6. The molecule has 104 heavy (non-hydrogen) atoms. The van der Waals surface area contributed by atoms with Crippen molar-refractivity contribution in [2.45, 2.75) is 35.5 Å². The molecule has 0 bridgehead atoms. The van der Waals surface area contributed by atoms with Crippen LogP contribution in [0.3, 0.4) is 0 Å². The Morgan fingerprint density at radius 3 is 0.558 bits per heavy atom. The lowest BCUT2D eigenvalue weighted by Crippen LogP contribution is -2.43. The first-order chi connectivity index (χ1) is 51.4. The van der Waals surface area contributed by atoms with E-state index >= 15 is 0 Å². The zero-order chi connectivity index (χ0) is 68.6. The van der Waals surface area contributed by atoms with Gasteiger partial charge in [-0.2, -0.15) is 0 Å². The van der Waals surface area contributed by atoms with E-state index in [4.69, 9.17) is 0 Å². The summed E-state index contributed by atoms with van der Waals surface area (Å²) in [7, 11) is 0. The summed E-state index contributed by atoms with van der Waals surface area (Å²) in [6, 6.07) is 144. The summed E-state index contributed by atoms with van der Waals surface area (Å²) in [5.74, 6) is 0. The zero-order valence-corrected chi connectivity index (χ0v) is 57.7. The molecule has 0 saturated carbocycles. The highest BCUT2D eigenvalue weighted by Crippen LogP contribution is 2.70. The number of hydrogen-bond acceptors (Lipinski definition) is 2. The van der Waals surface area contributed by atoms with E-state index in [1.807, 2.05) is 0 Å². The number of rotatable bonds is 7. The van der Waals surface area contributed by atoms with Crippen molar-refractivity contribution >= 4 is 34.1 Å². The lowest BCUT2D eigenvalue weighted by molar-refractivity contribution is 0.633. The molecule has 16 aromatic rings. The summed E-state index contributed by atoms with van der Waals surface area (Å²) in [6.07, 6.45) is 0. The molecule has 2 heteroatoms. The molecule has 0 amide bonds. The van der Waals surface area contributed by atoms with Crippen molar-refractivity contribution < 1.29 is 0 Å². The van der Waals surface area contributed by atoms with E-state index < -0.39 is 21.7 Å². The Hall–Kier alpha value is -12.9. The standard InChI is InChI=1S/C102H68N2/c1-65-43-51-69(52-44-65)103(73-59-61-95-97(63-73)101(87-35-15-7-27-79(87)80-28-8-16-36-88(80)101)93-41-21-19-39-91(93)99(95)83-31-11-3-23-75(83)76-24-4-12-32-84(76)99)71-55-47-67(48-56-71)68-49-57-72(58-50-68)104(70-53-45-66(2)46-54-70)74-60-62-96-98(64-74)102(89-37-17-9-29-81(89)82-30-10-18-38-90(82)102)94-42-22-20-40-92(94)100(96)85-33-13-5-25-77(85)78-26-6-14-34-86(78)100/h3-64H,1-2H3. The van der Waals surface area contributed by atoms with E-state index in [0.717, 1.165) is 45.3 Å². The highest BCUT2D eigenvalue weighted by atomic mass is 15.1. The Bertz CT molecular complexity index is 5700. The number of hydrogen-bond donors (Lipinski definition) is 0. The average Bonchev–Trinajstić information content (AvgIpc) is 1.43. The van der Waals surface area contributed by atoms with Gasteiger partial charge in [-0.25, -0.2) is 0 Å². The van der Waals surface area contributed by atoms with Crippen molar-refractivity contribution in [1.82, 2.24) is 0 Å². The topological polar surface area (TPSA) is 6.48 Å². The van der Waals surface area contributed by atoms with Gasteiger partial charge < -0.3 is 9.80 Å². The first-order valence-electron chi connectivity index (χ1n) is 36.6. The quantitative estimate of drug-likeness (QED) is 0.157. The molecule has 0 aromatic heterocycles. The molecule has 0 heterocycles. The van der Waals surface area contributed by atoms with Crippen molar-refractivity contribution in [2.24, 2.45) is 0 Å². The fourth-order valence-corrected chi connectivity index (χ4v) is 20.6. The second-order valence-electron chi connectivity index (χ2n) is 29.4. The highest BCUT2D eigenvalue weighted by Gasteiger charge is 2.61. The van der Waals surface area contributed by atoms with Crippen LogP contribution in [0.4, 0.5) is 34.1 Å². The SMILES string of the molecule is Cc1ccc(N(c2ccc(-c3ccc(N(c4ccc(C)cc4)c4ccc5c(c4)C4(c6ccccc6-c6ccccc64)c4ccccc4C54c5ccccc5-c5ccccc54)cc3)cc2)c2ccc3c(c2)C2(c4ccccc4-c4ccccc42)c2ccccc2C32c3ccccc3-c3ccccc32)cc1. The van der Waals surface area contributed by atoms with Gasteiger partial charge in [0.2, 0.25) is 0 Å². The summed E-state index contributed by atoms with van der Waals surface area (Å²) >= 11 is 0. The summed E-state index contributed by atoms with van der Waals surface area (Å²) in [6.45, 7) is 4.36. The molecule has 0 fully saturated rings. The third kappa shape index (κ3) is 7.53. The zero-order valence-electron chi connectivity index (χ0n) is 57.7. The van der Waals surface area contributed by atoms with Crippen LogP contribution in [0, 0.1) is 13.8 Å². The Kier molecular flexibility index (Phi) is 12.4. The Morgan fingerprint density at radius 1 is 0.154 bits per heavy atom. The first-order valence-corrected chi connectivity index (χ1v) is 36.6. The summed E-state index contributed by atoms with van der Waals surface area (Å²) < 4.78 is 0. The first kappa shape index (κ1) is 58.9. The average molecular weight is 1320 g/mol. The highest BCUT2D eigenvalue weighted by molar-refractivity contribution is 5.98. The van der Waals surface area contributed by atoms with Crippen molar-refractivity contribution in [2.75, 3.05) is 9.80 Å². The number of benzene rings is 16. The maximum absolute atomic E-state index is 2.57. The van der Waals surface area contributed by atoms with Crippen LogP contribution in [-0.2, 0) is 21.7 Å². The third-order valence-corrected chi connectivity index (χ3v) is 24.6. The lowest BCUT2D eigenvalue weighted by atomic mass is 9.52. The predicted octanol–water partition coefficient (Wildman–Crippen LogP) is 25.0. The minimum absolute atomic E-state index is 0.580. The van der Waals surface area contributed by atoms with E-state index in [-0.39, 0.29) is 0 Å². The van der Waals surface area contributed by atoms with Gasteiger partial charge in [0.25, 0.3) is 0 Å². The second-order valence-corrected chi connectivity index (χ2v) is 29.4. The van der Waals surface area contributed by atoms with Gasteiger partial charge in [-0.1, -0.05) is 314 Å². The molecule has 6 aliphatic carbocycles. The van der Waals surface area contributed by atoms with Crippen LogP contribution < -0.4 is 9.80 Å². The molecule has 0 aliphatic heterocycles. The smallest absolute Gasteiger partial charge is 0.0720 e. The number of nitrogens with zero attached hydrogens (tertiary/aromatic N) is 2. The summed E-state index contributed by atoms with van der Waals surface area (Å²) in [5, 5.41) is 0. The number of aryl methyl sites for hydroxylation is 2. The van der Waals surface area contributed by atoms with Crippen LogP contribution in [0.1, 0.15) is 100 Å². The van der Waals surface area contributed by atoms with E-state index in [9.17, 15) is 0 Å². The molecule has 0 N–H and O–H groups in total. The summed E-state index contributed by atoms with van der Waals surface area (Å²) in [5.41, 5.74) is 40.3. The van der Waals surface area contributed by atoms with Crippen molar-refractivity contribution in [1.29, 1.82) is 0 Å². The third-order valence-electron chi connectivity index (χ3n) is 24.6. The van der Waals surface area contributed by atoms with Gasteiger partial charge >= 0.3 is 0 Å². The molecule has 4 spiro atoms. The molecule has 0 saturated heterocycles. The van der Waals surface area contributed by atoms with E-state index in [1.165, 1.54) is 145 Å². The predicted molar refractivity (Wildman–Crippen MR) is 427 cm³/mol. The molecule has 0 radical (unpaired) electrons. The number of fused-ring (bicyclic) bond motifs is 32. The van der Waals surface area contributed by atoms with Crippen LogP contribution in [-0.4, -0.2) is 0 Å². The van der Waals surface area contributed by atoms with Crippen molar-refractivity contribution in [3.05, 3.63) is 476 Å². The molecule has 0 unspecified atom stereocenters. The van der Waals surface area contributed by atoms with Gasteiger partial charge in [-0.05, 0) is 231 Å². The van der Waals surface area contributed by atoms with Gasteiger partial charge in [0.05, 0.1) is 21.7 Å². The van der Waals surface area contributed by atoms with Crippen LogP contribution >= 0.6 is 0 Å². The molecule has 22 rings (SSSR count). The largest absolute Gasteiger partial charge is 0.310 e. The van der Waals surface area contributed by atoms with Gasteiger partial charge in [-0.15, -0.1) is 0 Å². The maximum atomic E-state index is 2.57. The van der Waals surface area contributed by atoms with E-state index in [2.05, 4.69) is 400 Å². The maximum Gasteiger partial charge on any atom is 0.0720 e. The molecular formula is C102H68N2. The molecule has 2 nitrogen and oxygen atoms in total. The van der Waals surface area contributed by atoms with Crippen LogP contribution in [0.2, 0.25) is 0 Å². The van der Waals surface area contributed by atoms with Crippen molar-refractivity contribution in [3.63, 3.8) is 0 Å². The molecule has 0 atom stereocenters. The Balaban J connectivity index is 0.699. The van der Waals surface area contributed by atoms with Gasteiger partial charge in [-0.3, -0.25) is 0 Å². The minimum Gasteiger partial charge on any atom is -0.310 e. The van der Waals surface area contributed by atoms with E-state index in [0.29, 0.717) is 0 Å². The monoisotopic (exact) mass is 1320 g/mol. The molecule has 6 aliphatic rings. The number of anilines is 6. The van der Waals surface area contributed by atoms with Crippen LogP contribution in [0.5, 0.6) is 0 Å².